The summed E-state index contributed by atoms with van der Waals surface area (Å²) in [4.78, 5) is 45.2. The second-order valence-corrected chi connectivity index (χ2v) is 10.6. The lowest BCUT2D eigenvalue weighted by Gasteiger charge is -2.16. The van der Waals surface area contributed by atoms with E-state index in [0.29, 0.717) is 17.3 Å². The van der Waals surface area contributed by atoms with Gasteiger partial charge in [0.25, 0.3) is 17.4 Å². The van der Waals surface area contributed by atoms with Gasteiger partial charge in [0, 0.05) is 17.0 Å². The minimum atomic E-state index is -0.547. The van der Waals surface area contributed by atoms with Crippen LogP contribution in [0.4, 0.5) is 0 Å². The molecule has 9 heteroatoms. The summed E-state index contributed by atoms with van der Waals surface area (Å²) in [6, 6.07) is 8.68. The Morgan fingerprint density at radius 3 is 2.73 bits per heavy atom. The molecule has 0 spiro atoms. The van der Waals surface area contributed by atoms with Crippen molar-refractivity contribution < 1.29 is 9.59 Å². The van der Waals surface area contributed by atoms with Crippen LogP contribution in [-0.4, -0.2) is 26.6 Å². The van der Waals surface area contributed by atoms with E-state index in [1.54, 1.807) is 47.1 Å². The lowest BCUT2D eigenvalue weighted by molar-refractivity contribution is -0.121. The second kappa shape index (κ2) is 10.5. The number of carbonyl (C=O) groups is 2. The molecule has 0 bridgehead atoms. The average molecular weight is 485 g/mol. The summed E-state index contributed by atoms with van der Waals surface area (Å²) in [5.74, 6) is -0.738. The summed E-state index contributed by atoms with van der Waals surface area (Å²) < 4.78 is 1.74. The van der Waals surface area contributed by atoms with Gasteiger partial charge in [-0.1, -0.05) is 49.7 Å². The third-order valence-electron chi connectivity index (χ3n) is 5.76. The number of carbonyl (C=O) groups excluding carboxylic acids is 2. The first-order valence-corrected chi connectivity index (χ1v) is 13.1. The van der Waals surface area contributed by atoms with Gasteiger partial charge < -0.3 is 0 Å². The van der Waals surface area contributed by atoms with Gasteiger partial charge in [0.2, 0.25) is 0 Å². The van der Waals surface area contributed by atoms with Crippen molar-refractivity contribution in [3.05, 3.63) is 56.7 Å². The number of unbranched alkanes of at least 4 members (excludes halogenated alkanes) is 2. The minimum Gasteiger partial charge on any atom is -0.287 e. The molecule has 1 aliphatic rings. The number of benzene rings is 1. The standard InChI is InChI=1S/C24H28N4O3S2/c1-3-4-8-14-28-23(31)19-17-12-9-13-18(17)33-22(19)25-24(28)32-15(2)20(29)26-27-21(30)16-10-6-5-7-11-16/h5-7,10-11,15H,3-4,8-9,12-14H2,1-2H3,(H,26,29)(H,27,30). The topological polar surface area (TPSA) is 93.1 Å². The number of aromatic nitrogens is 2. The SMILES string of the molecule is CCCCCn1c(SC(C)C(=O)NNC(=O)c2ccccc2)nc2sc3c(c2c1=O)CCC3. The highest BCUT2D eigenvalue weighted by molar-refractivity contribution is 8.00. The molecule has 174 valence electrons. The van der Waals surface area contributed by atoms with Crippen LogP contribution in [0.3, 0.4) is 0 Å². The number of nitrogens with one attached hydrogen (secondary N) is 2. The fourth-order valence-electron chi connectivity index (χ4n) is 3.96. The Balaban J connectivity index is 1.52. The van der Waals surface area contributed by atoms with E-state index in [-0.39, 0.29) is 17.4 Å². The van der Waals surface area contributed by atoms with Gasteiger partial charge in [-0.05, 0) is 50.3 Å². The molecule has 4 rings (SSSR count). The quantitative estimate of drug-likeness (QED) is 0.218. The number of hydrogen-bond donors (Lipinski definition) is 2. The van der Waals surface area contributed by atoms with Crippen molar-refractivity contribution in [2.45, 2.75) is 69.3 Å². The van der Waals surface area contributed by atoms with Crippen LogP contribution in [0, 0.1) is 0 Å². The molecule has 2 N–H and O–H groups in total. The molecule has 0 fully saturated rings. The van der Waals surface area contributed by atoms with Gasteiger partial charge in [-0.15, -0.1) is 11.3 Å². The number of thioether (sulfide) groups is 1. The highest BCUT2D eigenvalue weighted by Crippen LogP contribution is 2.36. The van der Waals surface area contributed by atoms with Crippen LogP contribution in [0.1, 0.15) is 60.3 Å². The van der Waals surface area contributed by atoms with Gasteiger partial charge in [-0.3, -0.25) is 29.8 Å². The van der Waals surface area contributed by atoms with E-state index in [1.165, 1.54) is 22.2 Å². The summed E-state index contributed by atoms with van der Waals surface area (Å²) >= 11 is 2.85. The monoisotopic (exact) mass is 484 g/mol. The number of nitrogens with zero attached hydrogens (tertiary/aromatic N) is 2. The Bertz CT molecular complexity index is 1220. The predicted octanol–water partition coefficient (Wildman–Crippen LogP) is 4.08. The van der Waals surface area contributed by atoms with Gasteiger partial charge in [-0.25, -0.2) is 4.98 Å². The molecular formula is C24H28N4O3S2. The maximum Gasteiger partial charge on any atom is 0.269 e. The Labute approximate surface area is 201 Å². The fraction of sp³-hybridized carbons (Fsp3) is 0.417. The zero-order valence-corrected chi connectivity index (χ0v) is 20.5. The van der Waals surface area contributed by atoms with Crippen molar-refractivity contribution in [2.75, 3.05) is 0 Å². The summed E-state index contributed by atoms with van der Waals surface area (Å²) in [5.41, 5.74) is 6.57. The van der Waals surface area contributed by atoms with Gasteiger partial charge in [0.05, 0.1) is 10.6 Å². The van der Waals surface area contributed by atoms with Gasteiger partial charge >= 0.3 is 0 Å². The molecule has 2 amide bonds. The Morgan fingerprint density at radius 2 is 1.97 bits per heavy atom. The molecule has 33 heavy (non-hydrogen) atoms. The fourth-order valence-corrected chi connectivity index (χ4v) is 6.20. The molecule has 3 aromatic rings. The van der Waals surface area contributed by atoms with Crippen molar-refractivity contribution in [2.24, 2.45) is 0 Å². The summed E-state index contributed by atoms with van der Waals surface area (Å²) in [5, 5.41) is 0.774. The zero-order valence-electron chi connectivity index (χ0n) is 18.8. The van der Waals surface area contributed by atoms with E-state index in [4.69, 9.17) is 4.98 Å². The third kappa shape index (κ3) is 5.14. The summed E-state index contributed by atoms with van der Waals surface area (Å²) in [7, 11) is 0. The van der Waals surface area contributed by atoms with Crippen molar-refractivity contribution in [3.63, 3.8) is 0 Å². The van der Waals surface area contributed by atoms with E-state index in [1.807, 2.05) is 6.07 Å². The first kappa shape index (κ1) is 23.5. The number of amides is 2. The smallest absolute Gasteiger partial charge is 0.269 e. The molecule has 1 aromatic carbocycles. The molecule has 0 saturated heterocycles. The van der Waals surface area contributed by atoms with Gasteiger partial charge in [0.15, 0.2) is 5.16 Å². The number of aryl methyl sites for hydroxylation is 2. The number of hydrazine groups is 1. The number of rotatable bonds is 8. The van der Waals surface area contributed by atoms with E-state index in [9.17, 15) is 14.4 Å². The van der Waals surface area contributed by atoms with Crippen LogP contribution < -0.4 is 16.4 Å². The molecule has 0 saturated carbocycles. The van der Waals surface area contributed by atoms with Crippen LogP contribution in [0.2, 0.25) is 0 Å². The van der Waals surface area contributed by atoms with Crippen molar-refractivity contribution in [1.29, 1.82) is 0 Å². The average Bonchev–Trinajstić information content (AvgIpc) is 3.40. The number of thiophene rings is 1. The highest BCUT2D eigenvalue weighted by Gasteiger charge is 2.25. The molecule has 7 nitrogen and oxygen atoms in total. The van der Waals surface area contributed by atoms with Crippen molar-refractivity contribution in [1.82, 2.24) is 20.4 Å². The molecule has 1 atom stereocenters. The molecule has 0 radical (unpaired) electrons. The Kier molecular flexibility index (Phi) is 7.49. The summed E-state index contributed by atoms with van der Waals surface area (Å²) in [6.45, 7) is 4.46. The molecule has 1 aliphatic carbocycles. The molecule has 1 unspecified atom stereocenters. The van der Waals surface area contributed by atoms with E-state index >= 15 is 0 Å². The maximum atomic E-state index is 13.4. The van der Waals surface area contributed by atoms with Gasteiger partial charge in [-0.2, -0.15) is 0 Å². The number of hydrogen-bond acceptors (Lipinski definition) is 6. The van der Waals surface area contributed by atoms with E-state index in [0.717, 1.165) is 48.7 Å². The normalized spacial score (nSPS) is 13.6. The summed E-state index contributed by atoms with van der Waals surface area (Å²) in [6.07, 6.45) is 6.01. The van der Waals surface area contributed by atoms with Crippen LogP contribution in [0.5, 0.6) is 0 Å². The van der Waals surface area contributed by atoms with Crippen molar-refractivity contribution >= 4 is 45.1 Å². The first-order chi connectivity index (χ1) is 16.0. The molecule has 2 heterocycles. The van der Waals surface area contributed by atoms with Crippen LogP contribution in [0.15, 0.2) is 40.3 Å². The third-order valence-corrected chi connectivity index (χ3v) is 8.04. The lowest BCUT2D eigenvalue weighted by atomic mass is 10.2. The molecule has 0 aliphatic heterocycles. The lowest BCUT2D eigenvalue weighted by Crippen LogP contribution is -2.45. The Morgan fingerprint density at radius 1 is 1.18 bits per heavy atom. The van der Waals surface area contributed by atoms with E-state index < -0.39 is 5.25 Å². The van der Waals surface area contributed by atoms with Crippen LogP contribution in [-0.2, 0) is 24.2 Å². The van der Waals surface area contributed by atoms with Gasteiger partial charge in [0.1, 0.15) is 4.83 Å². The van der Waals surface area contributed by atoms with E-state index in [2.05, 4.69) is 17.8 Å². The largest absolute Gasteiger partial charge is 0.287 e. The second-order valence-electron chi connectivity index (χ2n) is 8.17. The van der Waals surface area contributed by atoms with Crippen molar-refractivity contribution in [3.8, 4) is 0 Å². The van der Waals surface area contributed by atoms with Crippen LogP contribution in [0.25, 0.3) is 10.2 Å². The minimum absolute atomic E-state index is 0.00277. The predicted molar refractivity (Wildman–Crippen MR) is 133 cm³/mol. The highest BCUT2D eigenvalue weighted by atomic mass is 32.2. The van der Waals surface area contributed by atoms with Crippen LogP contribution >= 0.6 is 23.1 Å². The molecule has 2 aromatic heterocycles. The Hall–Kier alpha value is -2.65. The maximum absolute atomic E-state index is 13.4. The first-order valence-electron chi connectivity index (χ1n) is 11.4. The number of fused-ring (bicyclic) bond motifs is 3. The zero-order chi connectivity index (χ0) is 23.4. The molecular weight excluding hydrogens is 456 g/mol.